The predicted octanol–water partition coefficient (Wildman–Crippen LogP) is 3.68. The lowest BCUT2D eigenvalue weighted by Gasteiger charge is -2.08. The van der Waals surface area contributed by atoms with Crippen LogP contribution >= 0.6 is 0 Å². The summed E-state index contributed by atoms with van der Waals surface area (Å²) in [4.78, 5) is 22.2. The van der Waals surface area contributed by atoms with Crippen LogP contribution in [0, 0.1) is 0 Å². The van der Waals surface area contributed by atoms with E-state index in [9.17, 15) is 9.59 Å². The average molecular weight is 487 g/mol. The second-order valence-corrected chi connectivity index (χ2v) is 5.72. The Hall–Kier alpha value is -3.14. The second-order valence-electron chi connectivity index (χ2n) is 5.72. The molecule has 196 valence electrons. The highest BCUT2D eigenvalue weighted by Gasteiger charge is 2.11. The van der Waals surface area contributed by atoms with Crippen molar-refractivity contribution in [3.05, 3.63) is 59.7 Å². The minimum atomic E-state index is -0.525. The first-order valence-electron chi connectivity index (χ1n) is 9.45. The molecule has 0 amide bonds. The minimum Gasteiger partial charge on any atom is -0.507 e. The number of aliphatic hydroxyl groups excluding tert-OH is 3. The molecule has 9 heteroatoms. The number of rotatable bonds is 8. The van der Waals surface area contributed by atoms with Gasteiger partial charge in [0.2, 0.25) is 0 Å². The summed E-state index contributed by atoms with van der Waals surface area (Å²) in [6.45, 7) is 0.637. The van der Waals surface area contributed by atoms with E-state index in [0.29, 0.717) is 30.8 Å². The number of carbonyl (C=O) groups excluding carboxylic acids is 2. The van der Waals surface area contributed by atoms with Crippen LogP contribution in [-0.2, 0) is 9.47 Å². The average Bonchev–Trinajstić information content (AvgIpc) is 2.80. The summed E-state index contributed by atoms with van der Waals surface area (Å²) in [5.41, 5.74) is 0.591. The van der Waals surface area contributed by atoms with Crippen LogP contribution in [0.4, 0.5) is 0 Å². The van der Waals surface area contributed by atoms with Gasteiger partial charge in [-0.2, -0.15) is 0 Å². The van der Waals surface area contributed by atoms with Gasteiger partial charge in [0.25, 0.3) is 0 Å². The van der Waals surface area contributed by atoms with Crippen molar-refractivity contribution in [3.8, 4) is 11.5 Å². The van der Waals surface area contributed by atoms with Crippen LogP contribution in [0.2, 0.25) is 0 Å². The summed E-state index contributed by atoms with van der Waals surface area (Å²) < 4.78 is 14.4. The molecule has 9 nitrogen and oxygen atoms in total. The summed E-state index contributed by atoms with van der Waals surface area (Å²) in [5, 5.41) is 33.5. The fourth-order valence-electron chi connectivity index (χ4n) is 1.94. The van der Waals surface area contributed by atoms with E-state index in [0.717, 1.165) is 0 Å². The van der Waals surface area contributed by atoms with E-state index >= 15 is 0 Å². The number of carbonyl (C=O) groups is 2. The van der Waals surface area contributed by atoms with E-state index in [2.05, 4.69) is 9.47 Å². The number of esters is 2. The third-order valence-corrected chi connectivity index (χ3v) is 3.48. The molecule has 0 atom stereocenters. The van der Waals surface area contributed by atoms with Crippen LogP contribution < -0.4 is 4.74 Å². The molecule has 0 heterocycles. The number of para-hydroxylation sites is 2. The number of hydrogen-bond donors (Lipinski definition) is 4. The highest BCUT2D eigenvalue weighted by molar-refractivity contribution is 5.92. The van der Waals surface area contributed by atoms with Crippen LogP contribution in [0.5, 0.6) is 11.5 Å². The number of methoxy groups -OCH3 is 2. The molecule has 0 spiro atoms. The SMILES string of the molecule is C.C.C.COC(=O)c1ccccc1O.COC(=O)c1ccccc1OCCCO.OCCCO. The summed E-state index contributed by atoms with van der Waals surface area (Å²) >= 11 is 0. The zero-order valence-corrected chi connectivity index (χ0v) is 17.7. The highest BCUT2D eigenvalue weighted by atomic mass is 16.5. The molecule has 0 saturated heterocycles. The largest absolute Gasteiger partial charge is 0.507 e. The first-order chi connectivity index (χ1) is 15.0. The number of aromatic hydroxyl groups is 1. The van der Waals surface area contributed by atoms with E-state index in [1.807, 2.05) is 0 Å². The first-order valence-corrected chi connectivity index (χ1v) is 9.45. The van der Waals surface area contributed by atoms with Gasteiger partial charge < -0.3 is 34.6 Å². The molecule has 0 fully saturated rings. The second kappa shape index (κ2) is 24.5. The Morgan fingerprint density at radius 3 is 1.59 bits per heavy atom. The van der Waals surface area contributed by atoms with Gasteiger partial charge in [-0.05, 0) is 30.7 Å². The van der Waals surface area contributed by atoms with E-state index in [-0.39, 0.29) is 53.4 Å². The number of aliphatic hydroxyl groups is 3. The van der Waals surface area contributed by atoms with Crippen molar-refractivity contribution < 1.29 is 44.2 Å². The van der Waals surface area contributed by atoms with Crippen molar-refractivity contribution in [1.82, 2.24) is 0 Å². The molecular formula is C25H42O9. The number of phenols is 1. The lowest BCUT2D eigenvalue weighted by atomic mass is 10.2. The van der Waals surface area contributed by atoms with Gasteiger partial charge in [0, 0.05) is 26.2 Å². The Kier molecular flexibility index (Phi) is 27.5. The Labute approximate surface area is 203 Å². The predicted molar refractivity (Wildman–Crippen MR) is 133 cm³/mol. The zero-order valence-electron chi connectivity index (χ0n) is 17.7. The molecule has 0 aliphatic heterocycles. The molecule has 0 saturated carbocycles. The molecule has 2 rings (SSSR count). The molecule has 0 bridgehead atoms. The quantitative estimate of drug-likeness (QED) is 0.324. The molecule has 0 aromatic heterocycles. The molecule has 2 aromatic rings. The molecule has 4 N–H and O–H groups in total. The Bertz CT molecular complexity index is 762. The number of phenolic OH excluding ortho intramolecular Hbond substituents is 1. The molecule has 34 heavy (non-hydrogen) atoms. The number of hydrogen-bond acceptors (Lipinski definition) is 9. The van der Waals surface area contributed by atoms with Crippen molar-refractivity contribution in [2.45, 2.75) is 35.1 Å². The van der Waals surface area contributed by atoms with Gasteiger partial charge in [0.1, 0.15) is 22.6 Å². The molecule has 0 aliphatic carbocycles. The lowest BCUT2D eigenvalue weighted by Crippen LogP contribution is -2.07. The highest BCUT2D eigenvalue weighted by Crippen LogP contribution is 2.18. The van der Waals surface area contributed by atoms with Gasteiger partial charge in [0.05, 0.1) is 20.8 Å². The van der Waals surface area contributed by atoms with Crippen molar-refractivity contribution in [2.75, 3.05) is 40.6 Å². The van der Waals surface area contributed by atoms with Crippen molar-refractivity contribution in [2.24, 2.45) is 0 Å². The van der Waals surface area contributed by atoms with E-state index in [4.69, 9.17) is 25.2 Å². The maximum atomic E-state index is 11.3. The monoisotopic (exact) mass is 486 g/mol. The molecule has 2 aromatic carbocycles. The normalized spacial score (nSPS) is 8.50. The number of benzene rings is 2. The Morgan fingerprint density at radius 1 is 0.706 bits per heavy atom. The topological polar surface area (TPSA) is 143 Å². The van der Waals surface area contributed by atoms with Gasteiger partial charge in [-0.1, -0.05) is 46.5 Å². The van der Waals surface area contributed by atoms with Crippen LogP contribution in [0.15, 0.2) is 48.5 Å². The maximum Gasteiger partial charge on any atom is 0.341 e. The summed E-state index contributed by atoms with van der Waals surface area (Å²) in [6.07, 6.45) is 1.04. The van der Waals surface area contributed by atoms with Crippen molar-refractivity contribution in [1.29, 1.82) is 0 Å². The van der Waals surface area contributed by atoms with Crippen LogP contribution in [0.3, 0.4) is 0 Å². The van der Waals surface area contributed by atoms with Crippen molar-refractivity contribution in [3.63, 3.8) is 0 Å². The molecule has 0 aliphatic rings. The van der Waals surface area contributed by atoms with E-state index < -0.39 is 11.9 Å². The Balaban J connectivity index is -0.000000211. The van der Waals surface area contributed by atoms with Crippen LogP contribution in [0.1, 0.15) is 55.8 Å². The molecule has 0 radical (unpaired) electrons. The maximum absolute atomic E-state index is 11.3. The summed E-state index contributed by atoms with van der Waals surface area (Å²) in [5.74, 6) is -0.519. The summed E-state index contributed by atoms with van der Waals surface area (Å²) in [7, 11) is 2.60. The van der Waals surface area contributed by atoms with Crippen LogP contribution in [0.25, 0.3) is 0 Å². The molecular weight excluding hydrogens is 444 g/mol. The van der Waals surface area contributed by atoms with Gasteiger partial charge in [-0.3, -0.25) is 0 Å². The van der Waals surface area contributed by atoms with Gasteiger partial charge >= 0.3 is 11.9 Å². The van der Waals surface area contributed by atoms with E-state index in [1.54, 1.807) is 36.4 Å². The standard InChI is InChI=1S/C11H14O4.C8H8O3.C3H8O2.3CH4/c1-14-11(13)9-5-2-3-6-10(9)15-8-4-7-12;1-11-8(10)6-4-2-3-5-7(6)9;4-2-1-3-5;;;/h2-3,5-6,12H,4,7-8H2,1H3;2-5,9H,1H3;4-5H,1-3H2;3*1H4. The third-order valence-electron chi connectivity index (χ3n) is 3.48. The number of ether oxygens (including phenoxy) is 3. The summed E-state index contributed by atoms with van der Waals surface area (Å²) in [6, 6.07) is 13.1. The fourth-order valence-corrected chi connectivity index (χ4v) is 1.94. The van der Waals surface area contributed by atoms with E-state index in [1.165, 1.54) is 26.4 Å². The lowest BCUT2D eigenvalue weighted by molar-refractivity contribution is 0.0587. The van der Waals surface area contributed by atoms with Gasteiger partial charge in [-0.25, -0.2) is 9.59 Å². The van der Waals surface area contributed by atoms with Gasteiger partial charge in [0.15, 0.2) is 0 Å². The zero-order chi connectivity index (χ0) is 23.5. The first kappa shape index (κ1) is 38.1. The molecule has 0 unspecified atom stereocenters. The van der Waals surface area contributed by atoms with Crippen molar-refractivity contribution >= 4 is 11.9 Å². The van der Waals surface area contributed by atoms with Gasteiger partial charge in [-0.15, -0.1) is 0 Å². The minimum absolute atomic E-state index is 0. The fraction of sp³-hybridized carbons (Fsp3) is 0.440. The third kappa shape index (κ3) is 15.6. The smallest absolute Gasteiger partial charge is 0.341 e. The van der Waals surface area contributed by atoms with Crippen LogP contribution in [-0.4, -0.2) is 73.0 Å². The Morgan fingerprint density at radius 2 is 1.15 bits per heavy atom.